The highest BCUT2D eigenvalue weighted by Crippen LogP contribution is 2.35. The molecule has 1 atom stereocenters. The van der Waals surface area contributed by atoms with Gasteiger partial charge in [-0.15, -0.1) is 0 Å². The van der Waals surface area contributed by atoms with Gasteiger partial charge in [-0.3, -0.25) is 0 Å². The Labute approximate surface area is 126 Å². The van der Waals surface area contributed by atoms with E-state index < -0.39 is 6.10 Å². The number of hydrogen-bond acceptors (Lipinski definition) is 3. The van der Waals surface area contributed by atoms with Gasteiger partial charge in [0.05, 0.1) is 30.9 Å². The zero-order valence-electron chi connectivity index (χ0n) is 11.3. The van der Waals surface area contributed by atoms with Crippen LogP contribution in [-0.4, -0.2) is 21.3 Å². The first kappa shape index (κ1) is 13.6. The van der Waals surface area contributed by atoms with Crippen LogP contribution in [0, 0.1) is 0 Å². The van der Waals surface area contributed by atoms with Crippen LogP contribution in [-0.2, 0) is 19.4 Å². The SMILES string of the molecule is CCn1cncc1C(O)Cc1cc(Br)cc2c1OCC2. The highest BCUT2D eigenvalue weighted by molar-refractivity contribution is 9.10. The number of nitrogens with zero attached hydrogens (tertiary/aromatic N) is 2. The standard InChI is InChI=1S/C15H17BrN2O2/c1-2-18-9-17-8-13(18)14(19)7-11-6-12(16)5-10-3-4-20-15(10)11/h5-6,8-9,14,19H,2-4,7H2,1H3. The molecule has 1 unspecified atom stereocenters. The van der Waals surface area contributed by atoms with E-state index in [-0.39, 0.29) is 0 Å². The van der Waals surface area contributed by atoms with Crippen molar-refractivity contribution < 1.29 is 9.84 Å². The first-order valence-electron chi connectivity index (χ1n) is 6.81. The topological polar surface area (TPSA) is 47.3 Å². The minimum atomic E-state index is -0.569. The fraction of sp³-hybridized carbons (Fsp3) is 0.400. The van der Waals surface area contributed by atoms with Gasteiger partial charge in [-0.05, 0) is 30.2 Å². The minimum Gasteiger partial charge on any atom is -0.493 e. The van der Waals surface area contributed by atoms with Crippen LogP contribution >= 0.6 is 15.9 Å². The number of aliphatic hydroxyl groups is 1. The summed E-state index contributed by atoms with van der Waals surface area (Å²) in [7, 11) is 0. The number of ether oxygens (including phenoxy) is 1. The number of benzene rings is 1. The average Bonchev–Trinajstić information content (AvgIpc) is 3.06. The highest BCUT2D eigenvalue weighted by atomic mass is 79.9. The van der Waals surface area contributed by atoms with Crippen molar-refractivity contribution in [2.45, 2.75) is 32.4 Å². The Morgan fingerprint density at radius 2 is 2.35 bits per heavy atom. The molecule has 0 bridgehead atoms. The summed E-state index contributed by atoms with van der Waals surface area (Å²) in [5.41, 5.74) is 3.10. The van der Waals surface area contributed by atoms with Gasteiger partial charge in [0.2, 0.25) is 0 Å². The zero-order chi connectivity index (χ0) is 14.1. The molecule has 1 aliphatic heterocycles. The van der Waals surface area contributed by atoms with Gasteiger partial charge in [-0.2, -0.15) is 0 Å². The van der Waals surface area contributed by atoms with Gasteiger partial charge in [0.15, 0.2) is 0 Å². The second-order valence-electron chi connectivity index (χ2n) is 4.98. The summed E-state index contributed by atoms with van der Waals surface area (Å²) in [6.45, 7) is 3.57. The first-order valence-corrected chi connectivity index (χ1v) is 7.60. The van der Waals surface area contributed by atoms with E-state index in [1.807, 2.05) is 17.6 Å². The maximum absolute atomic E-state index is 10.5. The summed E-state index contributed by atoms with van der Waals surface area (Å²) in [5, 5.41) is 10.5. The van der Waals surface area contributed by atoms with Gasteiger partial charge >= 0.3 is 0 Å². The molecule has 0 spiro atoms. The van der Waals surface area contributed by atoms with Crippen LogP contribution < -0.4 is 4.74 Å². The molecule has 5 heteroatoms. The lowest BCUT2D eigenvalue weighted by Gasteiger charge is -2.15. The summed E-state index contributed by atoms with van der Waals surface area (Å²) in [6, 6.07) is 4.12. The fourth-order valence-electron chi connectivity index (χ4n) is 2.68. The van der Waals surface area contributed by atoms with Crippen molar-refractivity contribution >= 4 is 15.9 Å². The van der Waals surface area contributed by atoms with E-state index in [1.165, 1.54) is 5.56 Å². The lowest BCUT2D eigenvalue weighted by Crippen LogP contribution is -2.09. The zero-order valence-corrected chi connectivity index (χ0v) is 12.9. The van der Waals surface area contributed by atoms with Crippen LogP contribution in [0.15, 0.2) is 29.1 Å². The molecule has 0 saturated heterocycles. The molecular formula is C15H17BrN2O2. The van der Waals surface area contributed by atoms with E-state index in [0.717, 1.165) is 41.1 Å². The van der Waals surface area contributed by atoms with E-state index in [9.17, 15) is 5.11 Å². The monoisotopic (exact) mass is 336 g/mol. The van der Waals surface area contributed by atoms with Gasteiger partial charge in [-0.25, -0.2) is 4.98 Å². The molecule has 3 rings (SSSR count). The number of halogens is 1. The Morgan fingerprint density at radius 1 is 1.50 bits per heavy atom. The summed E-state index contributed by atoms with van der Waals surface area (Å²) < 4.78 is 8.70. The Bertz CT molecular complexity index is 624. The molecule has 4 nitrogen and oxygen atoms in total. The maximum atomic E-state index is 10.5. The molecule has 2 aromatic rings. The molecule has 20 heavy (non-hydrogen) atoms. The van der Waals surface area contributed by atoms with Crippen LogP contribution in [0.5, 0.6) is 5.75 Å². The predicted molar refractivity (Wildman–Crippen MR) is 79.9 cm³/mol. The van der Waals surface area contributed by atoms with Crippen LogP contribution in [0.1, 0.15) is 29.8 Å². The van der Waals surface area contributed by atoms with Crippen molar-refractivity contribution in [1.82, 2.24) is 9.55 Å². The minimum absolute atomic E-state index is 0.535. The third-order valence-electron chi connectivity index (χ3n) is 3.67. The lowest BCUT2D eigenvalue weighted by molar-refractivity contribution is 0.167. The molecule has 0 aliphatic carbocycles. The van der Waals surface area contributed by atoms with Crippen molar-refractivity contribution in [3.05, 3.63) is 46.0 Å². The Hall–Kier alpha value is -1.33. The van der Waals surface area contributed by atoms with Crippen LogP contribution in [0.2, 0.25) is 0 Å². The van der Waals surface area contributed by atoms with E-state index in [4.69, 9.17) is 4.74 Å². The van der Waals surface area contributed by atoms with Crippen molar-refractivity contribution in [1.29, 1.82) is 0 Å². The van der Waals surface area contributed by atoms with Gasteiger partial charge in [0.25, 0.3) is 0 Å². The molecule has 0 fully saturated rings. The molecule has 106 valence electrons. The molecule has 0 saturated carbocycles. The van der Waals surface area contributed by atoms with Crippen molar-refractivity contribution in [2.24, 2.45) is 0 Å². The number of aliphatic hydroxyl groups excluding tert-OH is 1. The number of rotatable bonds is 4. The van der Waals surface area contributed by atoms with Gasteiger partial charge < -0.3 is 14.4 Å². The molecule has 2 heterocycles. The number of imidazole rings is 1. The molecule has 1 aromatic heterocycles. The molecule has 1 aromatic carbocycles. The van der Waals surface area contributed by atoms with Crippen LogP contribution in [0.25, 0.3) is 0 Å². The van der Waals surface area contributed by atoms with Gasteiger partial charge in [-0.1, -0.05) is 15.9 Å². The maximum Gasteiger partial charge on any atom is 0.125 e. The summed E-state index contributed by atoms with van der Waals surface area (Å²) in [5.74, 6) is 0.940. The summed E-state index contributed by atoms with van der Waals surface area (Å²) >= 11 is 3.53. The third-order valence-corrected chi connectivity index (χ3v) is 4.12. The smallest absolute Gasteiger partial charge is 0.125 e. The Morgan fingerprint density at radius 3 is 3.15 bits per heavy atom. The van der Waals surface area contributed by atoms with Gasteiger partial charge in [0, 0.05) is 23.9 Å². The van der Waals surface area contributed by atoms with Crippen LogP contribution in [0.4, 0.5) is 0 Å². The van der Waals surface area contributed by atoms with E-state index in [0.29, 0.717) is 6.42 Å². The van der Waals surface area contributed by atoms with Crippen LogP contribution in [0.3, 0.4) is 0 Å². The van der Waals surface area contributed by atoms with Crippen molar-refractivity contribution in [2.75, 3.05) is 6.61 Å². The fourth-order valence-corrected chi connectivity index (χ4v) is 3.24. The third kappa shape index (κ3) is 2.47. The van der Waals surface area contributed by atoms with Crippen molar-refractivity contribution in [3.63, 3.8) is 0 Å². The second kappa shape index (κ2) is 5.58. The van der Waals surface area contributed by atoms with Crippen molar-refractivity contribution in [3.8, 4) is 5.75 Å². The molecule has 1 N–H and O–H groups in total. The Balaban J connectivity index is 1.88. The first-order chi connectivity index (χ1) is 9.69. The Kier molecular flexibility index (Phi) is 3.81. The second-order valence-corrected chi connectivity index (χ2v) is 5.89. The molecule has 0 amide bonds. The highest BCUT2D eigenvalue weighted by Gasteiger charge is 2.21. The molecule has 1 aliphatic rings. The summed E-state index contributed by atoms with van der Waals surface area (Å²) in [6.07, 6.45) is 4.38. The largest absolute Gasteiger partial charge is 0.493 e. The predicted octanol–water partition coefficient (Wildman–Crippen LogP) is 2.88. The lowest BCUT2D eigenvalue weighted by atomic mass is 10.0. The van der Waals surface area contributed by atoms with Gasteiger partial charge in [0.1, 0.15) is 5.75 Å². The number of aromatic nitrogens is 2. The quantitative estimate of drug-likeness (QED) is 0.933. The number of fused-ring (bicyclic) bond motifs is 1. The summed E-state index contributed by atoms with van der Waals surface area (Å²) in [4.78, 5) is 4.11. The van der Waals surface area contributed by atoms with E-state index in [1.54, 1.807) is 12.5 Å². The van der Waals surface area contributed by atoms with E-state index >= 15 is 0 Å². The average molecular weight is 337 g/mol. The molecule has 0 radical (unpaired) electrons. The van der Waals surface area contributed by atoms with E-state index in [2.05, 4.69) is 27.0 Å². The normalized spacial score (nSPS) is 14.9. The number of hydrogen-bond donors (Lipinski definition) is 1. The number of aryl methyl sites for hydroxylation is 1. The molecular weight excluding hydrogens is 320 g/mol.